The van der Waals surface area contributed by atoms with E-state index in [0.29, 0.717) is 17.9 Å². The Morgan fingerprint density at radius 2 is 1.90 bits per heavy atom. The van der Waals surface area contributed by atoms with E-state index in [4.69, 9.17) is 0 Å². The number of hydrogen-bond donors (Lipinski definition) is 1. The predicted molar refractivity (Wildman–Crippen MR) is 93.2 cm³/mol. The van der Waals surface area contributed by atoms with Crippen LogP contribution in [-0.2, 0) is 6.42 Å². The van der Waals surface area contributed by atoms with Crippen LogP contribution in [0.4, 0.5) is 5.69 Å². The molecule has 0 saturated heterocycles. The molecule has 0 spiro atoms. The third-order valence-electron chi connectivity index (χ3n) is 4.47. The van der Waals surface area contributed by atoms with Crippen LogP contribution in [-0.4, -0.2) is 25.7 Å². The van der Waals surface area contributed by atoms with Gasteiger partial charge in [0, 0.05) is 24.8 Å². The molecule has 2 nitrogen and oxygen atoms in total. The highest BCUT2D eigenvalue weighted by atomic mass is 15.2. The summed E-state index contributed by atoms with van der Waals surface area (Å²) < 4.78 is 0. The van der Waals surface area contributed by atoms with E-state index >= 15 is 0 Å². The van der Waals surface area contributed by atoms with Crippen molar-refractivity contribution in [2.75, 3.05) is 24.5 Å². The fraction of sp³-hybridized carbons (Fsp3) is 0.684. The highest BCUT2D eigenvalue weighted by molar-refractivity contribution is 5.57. The summed E-state index contributed by atoms with van der Waals surface area (Å²) in [7, 11) is 0. The summed E-state index contributed by atoms with van der Waals surface area (Å²) in [5, 5.41) is 3.66. The summed E-state index contributed by atoms with van der Waals surface area (Å²) in [5.41, 5.74) is 4.39. The summed E-state index contributed by atoms with van der Waals surface area (Å²) in [5.74, 6) is 1.38. The topological polar surface area (TPSA) is 15.3 Å². The number of benzene rings is 1. The van der Waals surface area contributed by atoms with E-state index in [1.165, 1.54) is 36.2 Å². The van der Waals surface area contributed by atoms with Crippen LogP contribution in [0.1, 0.15) is 45.2 Å². The van der Waals surface area contributed by atoms with Gasteiger partial charge in [-0.05, 0) is 49.8 Å². The first-order valence-electron chi connectivity index (χ1n) is 8.56. The van der Waals surface area contributed by atoms with Gasteiger partial charge in [-0.15, -0.1) is 0 Å². The molecule has 0 amide bonds. The molecule has 0 aromatic heterocycles. The van der Waals surface area contributed by atoms with Gasteiger partial charge < -0.3 is 10.2 Å². The number of aryl methyl sites for hydroxylation is 2. The summed E-state index contributed by atoms with van der Waals surface area (Å²) >= 11 is 0. The number of anilines is 1. The van der Waals surface area contributed by atoms with Gasteiger partial charge >= 0.3 is 0 Å². The molecule has 2 heteroatoms. The third kappa shape index (κ3) is 4.23. The molecule has 1 heterocycles. The van der Waals surface area contributed by atoms with E-state index in [0.717, 1.165) is 13.1 Å². The van der Waals surface area contributed by atoms with Gasteiger partial charge in [0.15, 0.2) is 0 Å². The molecular formula is C19H32N2. The Kier molecular flexibility index (Phi) is 5.69. The summed E-state index contributed by atoms with van der Waals surface area (Å²) in [6.45, 7) is 14.8. The van der Waals surface area contributed by atoms with E-state index in [-0.39, 0.29) is 0 Å². The number of rotatable bonds is 6. The van der Waals surface area contributed by atoms with Crippen molar-refractivity contribution in [2.24, 2.45) is 11.8 Å². The summed E-state index contributed by atoms with van der Waals surface area (Å²) in [6, 6.07) is 7.56. The average Bonchev–Trinajstić information content (AvgIpc) is 2.42. The lowest BCUT2D eigenvalue weighted by Gasteiger charge is -2.40. The molecule has 1 aliphatic rings. The number of nitrogens with zero attached hydrogens (tertiary/aromatic N) is 1. The molecule has 2 rings (SSSR count). The van der Waals surface area contributed by atoms with Gasteiger partial charge in [-0.25, -0.2) is 0 Å². The van der Waals surface area contributed by atoms with E-state index in [2.05, 4.69) is 63.0 Å². The van der Waals surface area contributed by atoms with Crippen LogP contribution >= 0.6 is 0 Å². The minimum atomic E-state index is 0.588. The Labute approximate surface area is 130 Å². The molecule has 0 saturated carbocycles. The van der Waals surface area contributed by atoms with Crippen LogP contribution in [0.25, 0.3) is 0 Å². The number of hydrogen-bond acceptors (Lipinski definition) is 2. The SMILES string of the molecule is Cc1ccc2c(c1)CCCN2C(CNCC(C)C)C(C)C. The van der Waals surface area contributed by atoms with Crippen molar-refractivity contribution in [3.63, 3.8) is 0 Å². The molecule has 1 aromatic rings. The molecule has 118 valence electrons. The second kappa shape index (κ2) is 7.31. The number of fused-ring (bicyclic) bond motifs is 1. The molecule has 1 unspecified atom stereocenters. The lowest BCUT2D eigenvalue weighted by Crippen LogP contribution is -2.48. The normalized spacial score (nSPS) is 16.4. The first-order valence-corrected chi connectivity index (χ1v) is 8.56. The van der Waals surface area contributed by atoms with Gasteiger partial charge in [-0.3, -0.25) is 0 Å². The third-order valence-corrected chi connectivity index (χ3v) is 4.47. The van der Waals surface area contributed by atoms with Crippen LogP contribution in [0, 0.1) is 18.8 Å². The van der Waals surface area contributed by atoms with Gasteiger partial charge in [-0.1, -0.05) is 45.4 Å². The van der Waals surface area contributed by atoms with Gasteiger partial charge in [0.25, 0.3) is 0 Å². The zero-order valence-corrected chi connectivity index (χ0v) is 14.4. The quantitative estimate of drug-likeness (QED) is 0.850. The van der Waals surface area contributed by atoms with Crippen molar-refractivity contribution in [3.05, 3.63) is 29.3 Å². The van der Waals surface area contributed by atoms with Crippen LogP contribution in [0.3, 0.4) is 0 Å². The van der Waals surface area contributed by atoms with Crippen LogP contribution in [0.15, 0.2) is 18.2 Å². The minimum absolute atomic E-state index is 0.588. The lowest BCUT2D eigenvalue weighted by molar-refractivity contribution is 0.406. The van der Waals surface area contributed by atoms with E-state index in [1.54, 1.807) is 0 Å². The highest BCUT2D eigenvalue weighted by Crippen LogP contribution is 2.31. The average molecular weight is 288 g/mol. The molecular weight excluding hydrogens is 256 g/mol. The van der Waals surface area contributed by atoms with Crippen molar-refractivity contribution in [3.8, 4) is 0 Å². The van der Waals surface area contributed by atoms with Crippen LogP contribution in [0.2, 0.25) is 0 Å². The predicted octanol–water partition coefficient (Wildman–Crippen LogP) is 4.02. The molecule has 1 aliphatic heterocycles. The van der Waals surface area contributed by atoms with Crippen LogP contribution in [0.5, 0.6) is 0 Å². The maximum Gasteiger partial charge on any atom is 0.0437 e. The van der Waals surface area contributed by atoms with E-state index < -0.39 is 0 Å². The lowest BCUT2D eigenvalue weighted by atomic mass is 9.94. The van der Waals surface area contributed by atoms with Crippen molar-refractivity contribution >= 4 is 5.69 Å². The van der Waals surface area contributed by atoms with Crippen molar-refractivity contribution in [2.45, 2.75) is 53.5 Å². The highest BCUT2D eigenvalue weighted by Gasteiger charge is 2.26. The van der Waals surface area contributed by atoms with Crippen molar-refractivity contribution < 1.29 is 0 Å². The minimum Gasteiger partial charge on any atom is -0.367 e. The van der Waals surface area contributed by atoms with E-state index in [9.17, 15) is 0 Å². The molecule has 0 radical (unpaired) electrons. The fourth-order valence-corrected chi connectivity index (χ4v) is 3.33. The maximum atomic E-state index is 3.66. The molecule has 0 fully saturated rings. The zero-order chi connectivity index (χ0) is 15.4. The maximum absolute atomic E-state index is 3.66. The van der Waals surface area contributed by atoms with E-state index in [1.807, 2.05) is 0 Å². The Morgan fingerprint density at radius 3 is 2.57 bits per heavy atom. The van der Waals surface area contributed by atoms with Gasteiger partial charge in [-0.2, -0.15) is 0 Å². The number of nitrogens with one attached hydrogen (secondary N) is 1. The fourth-order valence-electron chi connectivity index (χ4n) is 3.33. The van der Waals surface area contributed by atoms with Crippen LogP contribution < -0.4 is 10.2 Å². The second-order valence-corrected chi connectivity index (χ2v) is 7.29. The molecule has 0 bridgehead atoms. The summed E-state index contributed by atoms with van der Waals surface area (Å²) in [6.07, 6.45) is 2.52. The standard InChI is InChI=1S/C19H32N2/c1-14(2)12-20-13-19(15(3)4)21-10-6-7-17-11-16(5)8-9-18(17)21/h8-9,11,14-15,19-20H,6-7,10,12-13H2,1-5H3. The van der Waals surface area contributed by atoms with Gasteiger partial charge in [0.1, 0.15) is 0 Å². The second-order valence-electron chi connectivity index (χ2n) is 7.29. The summed E-state index contributed by atoms with van der Waals surface area (Å²) in [4.78, 5) is 2.65. The Morgan fingerprint density at radius 1 is 1.14 bits per heavy atom. The largest absolute Gasteiger partial charge is 0.367 e. The molecule has 21 heavy (non-hydrogen) atoms. The van der Waals surface area contributed by atoms with Crippen molar-refractivity contribution in [1.82, 2.24) is 5.32 Å². The van der Waals surface area contributed by atoms with Gasteiger partial charge in [0.2, 0.25) is 0 Å². The first kappa shape index (κ1) is 16.4. The Bertz CT molecular complexity index is 451. The van der Waals surface area contributed by atoms with Crippen molar-refractivity contribution in [1.29, 1.82) is 0 Å². The Balaban J connectivity index is 2.14. The smallest absolute Gasteiger partial charge is 0.0437 e. The molecule has 1 atom stereocenters. The Hall–Kier alpha value is -1.02. The monoisotopic (exact) mass is 288 g/mol. The molecule has 1 N–H and O–H groups in total. The van der Waals surface area contributed by atoms with Gasteiger partial charge in [0.05, 0.1) is 0 Å². The molecule has 0 aliphatic carbocycles. The zero-order valence-electron chi connectivity index (χ0n) is 14.4. The molecule has 1 aromatic carbocycles. The first-order chi connectivity index (χ1) is 9.99.